The van der Waals surface area contributed by atoms with Gasteiger partial charge >= 0.3 is 0 Å². The van der Waals surface area contributed by atoms with Gasteiger partial charge in [-0.2, -0.15) is 5.10 Å². The van der Waals surface area contributed by atoms with Crippen LogP contribution in [-0.4, -0.2) is 31.7 Å². The Kier molecular flexibility index (Phi) is 1.79. The Morgan fingerprint density at radius 3 is 3.13 bits per heavy atom. The number of carbonyl (C=O) groups is 1. The first kappa shape index (κ1) is 8.84. The Labute approximate surface area is 89.7 Å². The number of thioether (sulfide) groups is 1. The molecule has 0 unspecified atom stereocenters. The van der Waals surface area contributed by atoms with Gasteiger partial charge in [0.25, 0.3) is 0 Å². The van der Waals surface area contributed by atoms with Crippen LogP contribution in [0.4, 0.5) is 0 Å². The molecule has 6 heteroatoms. The highest BCUT2D eigenvalue weighted by Gasteiger charge is 2.20. The number of nitrogens with zero attached hydrogens (tertiary/aromatic N) is 3. The van der Waals surface area contributed by atoms with Crippen LogP contribution in [0, 0.1) is 6.92 Å². The molecule has 0 bridgehead atoms. The minimum atomic E-state index is 0.196. The number of nitrogens with one attached hydrogen (secondary N) is 1. The molecule has 0 atom stereocenters. The van der Waals surface area contributed by atoms with Crippen molar-refractivity contribution in [1.82, 2.24) is 20.2 Å². The predicted molar refractivity (Wildman–Crippen MR) is 55.9 cm³/mol. The molecule has 5 nitrogen and oxygen atoms in total. The van der Waals surface area contributed by atoms with Crippen LogP contribution in [0.15, 0.2) is 5.03 Å². The summed E-state index contributed by atoms with van der Waals surface area (Å²) < 4.78 is 0. The molecule has 76 valence electrons. The summed E-state index contributed by atoms with van der Waals surface area (Å²) >= 11 is 1.47. The average Bonchev–Trinajstić information content (AvgIpc) is 2.49. The van der Waals surface area contributed by atoms with Crippen molar-refractivity contribution in [3.8, 4) is 0 Å². The van der Waals surface area contributed by atoms with E-state index < -0.39 is 0 Å². The zero-order valence-electron chi connectivity index (χ0n) is 8.07. The van der Waals surface area contributed by atoms with E-state index in [-0.39, 0.29) is 5.78 Å². The maximum absolute atomic E-state index is 11.5. The van der Waals surface area contributed by atoms with E-state index in [9.17, 15) is 4.79 Å². The smallest absolute Gasteiger partial charge is 0.185 e. The monoisotopic (exact) mass is 220 g/mol. The molecular formula is C9H8N4OS. The number of hydrogen-bond acceptors (Lipinski definition) is 5. The summed E-state index contributed by atoms with van der Waals surface area (Å²) in [6.45, 7) is 1.83. The van der Waals surface area contributed by atoms with Crippen LogP contribution in [-0.2, 0) is 11.2 Å². The Morgan fingerprint density at radius 1 is 1.40 bits per heavy atom. The third-order valence-electron chi connectivity index (χ3n) is 2.31. The molecule has 0 fully saturated rings. The largest absolute Gasteiger partial charge is 0.298 e. The van der Waals surface area contributed by atoms with Gasteiger partial charge in [-0.1, -0.05) is 11.8 Å². The van der Waals surface area contributed by atoms with Crippen molar-refractivity contribution in [1.29, 1.82) is 0 Å². The van der Waals surface area contributed by atoms with Gasteiger partial charge in [0.2, 0.25) is 0 Å². The number of carbonyl (C=O) groups excluding carboxylic acids is 1. The molecule has 1 N–H and O–H groups in total. The summed E-state index contributed by atoms with van der Waals surface area (Å²) in [5, 5.41) is 8.73. The van der Waals surface area contributed by atoms with Gasteiger partial charge in [0.1, 0.15) is 16.6 Å². The molecule has 0 spiro atoms. The maximum atomic E-state index is 11.5. The third kappa shape index (κ3) is 1.32. The van der Waals surface area contributed by atoms with E-state index in [0.717, 1.165) is 16.1 Å². The lowest BCUT2D eigenvalue weighted by Gasteiger charge is -1.98. The van der Waals surface area contributed by atoms with E-state index in [2.05, 4.69) is 20.2 Å². The fourth-order valence-corrected chi connectivity index (χ4v) is 2.64. The topological polar surface area (TPSA) is 71.5 Å². The lowest BCUT2D eigenvalue weighted by molar-refractivity contribution is -0.116. The maximum Gasteiger partial charge on any atom is 0.185 e. The lowest BCUT2D eigenvalue weighted by atomic mass is 10.2. The SMILES string of the molecule is Cc1nc2c3c([nH]nc3n1)CC(=O)CS2. The summed E-state index contributed by atoms with van der Waals surface area (Å²) in [6, 6.07) is 0. The number of aromatic amines is 1. The van der Waals surface area contributed by atoms with Gasteiger partial charge in [-0.05, 0) is 6.92 Å². The quantitative estimate of drug-likeness (QED) is 0.667. The van der Waals surface area contributed by atoms with Gasteiger partial charge in [0.05, 0.1) is 16.8 Å². The van der Waals surface area contributed by atoms with Crippen LogP contribution in [0.2, 0.25) is 0 Å². The molecule has 2 aromatic heterocycles. The molecule has 0 saturated carbocycles. The minimum Gasteiger partial charge on any atom is -0.298 e. The van der Waals surface area contributed by atoms with E-state index >= 15 is 0 Å². The Hall–Kier alpha value is -1.43. The Morgan fingerprint density at radius 2 is 2.27 bits per heavy atom. The minimum absolute atomic E-state index is 0.196. The number of hydrogen-bond donors (Lipinski definition) is 1. The second-order valence-corrected chi connectivity index (χ2v) is 4.44. The van der Waals surface area contributed by atoms with Gasteiger partial charge in [-0.15, -0.1) is 0 Å². The van der Waals surface area contributed by atoms with Crippen molar-refractivity contribution in [3.63, 3.8) is 0 Å². The molecule has 0 saturated heterocycles. The van der Waals surface area contributed by atoms with Crippen LogP contribution < -0.4 is 0 Å². The van der Waals surface area contributed by atoms with Gasteiger partial charge < -0.3 is 0 Å². The van der Waals surface area contributed by atoms with Crippen LogP contribution >= 0.6 is 11.8 Å². The molecule has 3 rings (SSSR count). The van der Waals surface area contributed by atoms with Gasteiger partial charge in [-0.3, -0.25) is 9.89 Å². The molecular weight excluding hydrogens is 212 g/mol. The first-order valence-electron chi connectivity index (χ1n) is 4.60. The summed E-state index contributed by atoms with van der Waals surface area (Å²) in [7, 11) is 0. The first-order valence-corrected chi connectivity index (χ1v) is 5.58. The summed E-state index contributed by atoms with van der Waals surface area (Å²) in [5.74, 6) is 1.37. The van der Waals surface area contributed by atoms with Crippen LogP contribution in [0.5, 0.6) is 0 Å². The van der Waals surface area contributed by atoms with Crippen molar-refractivity contribution >= 4 is 28.6 Å². The van der Waals surface area contributed by atoms with Crippen LogP contribution in [0.25, 0.3) is 11.0 Å². The highest BCUT2D eigenvalue weighted by atomic mass is 32.2. The molecule has 1 aliphatic rings. The zero-order chi connectivity index (χ0) is 10.4. The normalized spacial score (nSPS) is 15.7. The summed E-state index contributed by atoms with van der Waals surface area (Å²) in [4.78, 5) is 20.0. The summed E-state index contributed by atoms with van der Waals surface area (Å²) in [5.41, 5.74) is 1.50. The second-order valence-electron chi connectivity index (χ2n) is 3.48. The van der Waals surface area contributed by atoms with E-state index in [1.54, 1.807) is 0 Å². The van der Waals surface area contributed by atoms with Crippen LogP contribution in [0.3, 0.4) is 0 Å². The molecule has 15 heavy (non-hydrogen) atoms. The standard InChI is InChI=1S/C9H8N4OS/c1-4-10-8-7-6(12-13-8)2-5(14)3-15-9(7)11-4/h2-3H2,1H3,(H,10,11,12,13). The summed E-state index contributed by atoms with van der Waals surface area (Å²) in [6.07, 6.45) is 0.406. The molecule has 3 heterocycles. The molecule has 0 aliphatic carbocycles. The number of aryl methyl sites for hydroxylation is 1. The number of H-pyrrole nitrogens is 1. The number of aromatic nitrogens is 4. The highest BCUT2D eigenvalue weighted by Crippen LogP contribution is 2.30. The van der Waals surface area contributed by atoms with Crippen molar-refractivity contribution in [2.24, 2.45) is 0 Å². The van der Waals surface area contributed by atoms with E-state index in [0.29, 0.717) is 23.6 Å². The molecule has 0 radical (unpaired) electrons. The van der Waals surface area contributed by atoms with Gasteiger partial charge in [0.15, 0.2) is 5.65 Å². The Balaban J connectivity index is 2.35. The third-order valence-corrected chi connectivity index (χ3v) is 3.35. The van der Waals surface area contributed by atoms with Gasteiger partial charge in [-0.25, -0.2) is 9.97 Å². The van der Waals surface area contributed by atoms with Crippen molar-refractivity contribution in [3.05, 3.63) is 11.5 Å². The Bertz CT molecular complexity index is 562. The van der Waals surface area contributed by atoms with Gasteiger partial charge in [0, 0.05) is 6.42 Å². The molecule has 1 aliphatic heterocycles. The second kappa shape index (κ2) is 3.03. The number of Topliss-reactive ketones (excluding diaryl/α,β-unsaturated/α-hetero) is 1. The molecule has 0 aromatic carbocycles. The van der Waals surface area contributed by atoms with Crippen molar-refractivity contribution in [2.75, 3.05) is 5.75 Å². The fraction of sp³-hybridized carbons (Fsp3) is 0.333. The molecule has 2 aromatic rings. The number of ketones is 1. The van der Waals surface area contributed by atoms with Crippen LogP contribution in [0.1, 0.15) is 11.5 Å². The number of rotatable bonds is 0. The molecule has 0 amide bonds. The van der Waals surface area contributed by atoms with E-state index in [1.165, 1.54) is 11.8 Å². The first-order chi connectivity index (χ1) is 7.24. The highest BCUT2D eigenvalue weighted by molar-refractivity contribution is 8.00. The van der Waals surface area contributed by atoms with E-state index in [4.69, 9.17) is 0 Å². The van der Waals surface area contributed by atoms with Crippen molar-refractivity contribution in [2.45, 2.75) is 18.4 Å². The zero-order valence-corrected chi connectivity index (χ0v) is 8.89. The van der Waals surface area contributed by atoms with Crippen molar-refractivity contribution < 1.29 is 4.79 Å². The fourth-order valence-electron chi connectivity index (χ4n) is 1.68. The van der Waals surface area contributed by atoms with E-state index in [1.807, 2.05) is 6.92 Å². The predicted octanol–water partition coefficient (Wildman–Crippen LogP) is 0.879. The lowest BCUT2D eigenvalue weighted by Crippen LogP contribution is -2.03. The average molecular weight is 220 g/mol.